The van der Waals surface area contributed by atoms with Crippen molar-refractivity contribution in [3.05, 3.63) is 91.6 Å². The molecule has 1 aliphatic heterocycles. The Morgan fingerprint density at radius 2 is 1.70 bits per heavy atom. The van der Waals surface area contributed by atoms with E-state index in [1.807, 2.05) is 4.90 Å². The first-order chi connectivity index (χ1) is 24.9. The van der Waals surface area contributed by atoms with Gasteiger partial charge in [0, 0.05) is 55.2 Å². The fourth-order valence-electron chi connectivity index (χ4n) is 6.80. The average molecular weight is 748 g/mol. The molecule has 2 aromatic carbocycles. The van der Waals surface area contributed by atoms with Crippen LogP contribution in [-0.2, 0) is 26.9 Å². The van der Waals surface area contributed by atoms with Gasteiger partial charge in [-0.25, -0.2) is 13.2 Å². The highest BCUT2D eigenvalue weighted by Gasteiger charge is 2.37. The summed E-state index contributed by atoms with van der Waals surface area (Å²) in [5.74, 6) is -0.705. The topological polar surface area (TPSA) is 101 Å². The van der Waals surface area contributed by atoms with Crippen molar-refractivity contribution in [2.24, 2.45) is 5.92 Å². The number of benzene rings is 2. The number of hydrogen-bond donors (Lipinski definition) is 2. The number of carbonyl (C=O) groups excluding carboxylic acids is 1. The number of halogens is 6. The minimum atomic E-state index is -4.87. The highest BCUT2D eigenvalue weighted by molar-refractivity contribution is 5.83. The van der Waals surface area contributed by atoms with Crippen molar-refractivity contribution in [3.63, 3.8) is 0 Å². The van der Waals surface area contributed by atoms with E-state index in [-0.39, 0.29) is 58.7 Å². The second-order valence-corrected chi connectivity index (χ2v) is 13.6. The molecule has 286 valence electrons. The third kappa shape index (κ3) is 10.1. The molecule has 2 atom stereocenters. The Balaban J connectivity index is 1.83. The van der Waals surface area contributed by atoms with Crippen molar-refractivity contribution in [1.82, 2.24) is 14.8 Å². The largest absolute Gasteiger partial charge is 0.481 e. The molecular formula is C39H43F6N3O5. The number of aryl methyl sites for hydroxylation is 2. The second kappa shape index (κ2) is 17.5. The average Bonchev–Trinajstić information content (AvgIpc) is 3.32. The lowest BCUT2D eigenvalue weighted by molar-refractivity contribution is -0.139. The van der Waals surface area contributed by atoms with E-state index in [0.717, 1.165) is 29.0 Å². The van der Waals surface area contributed by atoms with Crippen LogP contribution in [0.25, 0.3) is 11.1 Å². The van der Waals surface area contributed by atoms with Crippen LogP contribution in [0, 0.1) is 49.1 Å². The smallest absolute Gasteiger partial charge is 0.416 e. The van der Waals surface area contributed by atoms with E-state index in [4.69, 9.17) is 4.74 Å². The molecule has 2 N–H and O–H groups in total. The molecule has 1 saturated heterocycles. The van der Waals surface area contributed by atoms with E-state index in [1.165, 1.54) is 20.8 Å². The van der Waals surface area contributed by atoms with Crippen LogP contribution >= 0.6 is 0 Å². The highest BCUT2D eigenvalue weighted by Crippen LogP contribution is 2.38. The van der Waals surface area contributed by atoms with Crippen molar-refractivity contribution in [1.29, 1.82) is 0 Å². The van der Waals surface area contributed by atoms with E-state index in [0.29, 0.717) is 38.8 Å². The Morgan fingerprint density at radius 1 is 1.02 bits per heavy atom. The lowest BCUT2D eigenvalue weighted by Gasteiger charge is -2.27. The molecule has 0 bridgehead atoms. The van der Waals surface area contributed by atoms with E-state index in [9.17, 15) is 37.1 Å². The fraction of sp³-hybridized carbons (Fsp3) is 0.462. The Hall–Kier alpha value is -4.61. The summed E-state index contributed by atoms with van der Waals surface area (Å²) < 4.78 is 95.8. The highest BCUT2D eigenvalue weighted by atomic mass is 19.4. The first-order valence-electron chi connectivity index (χ1n) is 17.3. The van der Waals surface area contributed by atoms with Crippen molar-refractivity contribution >= 4 is 11.9 Å². The van der Waals surface area contributed by atoms with Crippen LogP contribution in [0.15, 0.2) is 35.3 Å². The van der Waals surface area contributed by atoms with Crippen LogP contribution in [0.2, 0.25) is 0 Å². The number of rotatable bonds is 12. The molecule has 2 unspecified atom stereocenters. The lowest BCUT2D eigenvalue weighted by atomic mass is 9.88. The van der Waals surface area contributed by atoms with E-state index >= 15 is 8.78 Å². The van der Waals surface area contributed by atoms with Gasteiger partial charge in [0.25, 0.3) is 5.56 Å². The summed E-state index contributed by atoms with van der Waals surface area (Å²) in [4.78, 5) is 41.5. The molecule has 14 heteroatoms. The normalized spacial score (nSPS) is 15.0. The number of alkyl halides is 3. The van der Waals surface area contributed by atoms with Gasteiger partial charge in [0.15, 0.2) is 0 Å². The van der Waals surface area contributed by atoms with Gasteiger partial charge in [-0.1, -0.05) is 19.8 Å². The van der Waals surface area contributed by atoms with Crippen LogP contribution < -0.4 is 10.9 Å². The molecule has 1 amide bonds. The zero-order valence-corrected chi connectivity index (χ0v) is 30.2. The maximum atomic E-state index is 16.8. The van der Waals surface area contributed by atoms with Crippen LogP contribution in [0.4, 0.5) is 26.3 Å². The van der Waals surface area contributed by atoms with Crippen molar-refractivity contribution in [3.8, 4) is 23.0 Å². The van der Waals surface area contributed by atoms with Crippen molar-refractivity contribution < 1.29 is 45.8 Å². The third-order valence-corrected chi connectivity index (χ3v) is 9.12. The molecule has 2 heterocycles. The standard InChI is InChI=1S/C39H43F6N3O5/c1-6-8-25-18-29(41)36(37(42)35(25)34-23(4)16-27(40)17-24(34)5)30(20-33(50)51)46-38(52)31(15-22(2)3)48-21-26(28(19-32(48)49)39(43,44)45)9-11-47-10-7-13-53-14-12-47/h16-19,21-22,30-31H,7,9-15,20H2,1-5H3,(H,46,52)(H,50,51). The maximum absolute atomic E-state index is 16.8. The first-order valence-corrected chi connectivity index (χ1v) is 17.3. The number of amides is 1. The van der Waals surface area contributed by atoms with Gasteiger partial charge in [0.05, 0.1) is 24.6 Å². The molecule has 4 rings (SSSR count). The summed E-state index contributed by atoms with van der Waals surface area (Å²) in [5.41, 5.74) is -2.88. The van der Waals surface area contributed by atoms with Crippen LogP contribution in [0.1, 0.15) is 85.5 Å². The molecule has 1 aliphatic rings. The molecule has 53 heavy (non-hydrogen) atoms. The monoisotopic (exact) mass is 747 g/mol. The molecule has 8 nitrogen and oxygen atoms in total. The summed E-state index contributed by atoms with van der Waals surface area (Å²) >= 11 is 0. The summed E-state index contributed by atoms with van der Waals surface area (Å²) in [6.45, 7) is 10.2. The van der Waals surface area contributed by atoms with Crippen LogP contribution in [0.3, 0.4) is 0 Å². The molecule has 0 saturated carbocycles. The summed E-state index contributed by atoms with van der Waals surface area (Å²) in [6, 6.07) is 0.320. The van der Waals surface area contributed by atoms with Gasteiger partial charge in [0.2, 0.25) is 5.91 Å². The zero-order chi connectivity index (χ0) is 39.2. The summed E-state index contributed by atoms with van der Waals surface area (Å²) in [7, 11) is 0. The van der Waals surface area contributed by atoms with E-state index in [1.54, 1.807) is 13.8 Å². The molecule has 1 aromatic heterocycles. The fourth-order valence-corrected chi connectivity index (χ4v) is 6.80. The van der Waals surface area contributed by atoms with Crippen molar-refractivity contribution in [2.75, 3.05) is 32.8 Å². The van der Waals surface area contributed by atoms with Crippen LogP contribution in [0.5, 0.6) is 0 Å². The molecule has 1 fully saturated rings. The van der Waals surface area contributed by atoms with E-state index < -0.39 is 70.7 Å². The molecule has 0 radical (unpaired) electrons. The summed E-state index contributed by atoms with van der Waals surface area (Å²) in [5, 5.41) is 12.2. The number of carbonyl (C=O) groups is 2. The number of nitrogens with zero attached hydrogens (tertiary/aromatic N) is 2. The Morgan fingerprint density at radius 3 is 2.30 bits per heavy atom. The van der Waals surface area contributed by atoms with Gasteiger partial charge in [0.1, 0.15) is 23.5 Å². The third-order valence-electron chi connectivity index (χ3n) is 9.12. The minimum Gasteiger partial charge on any atom is -0.481 e. The Kier molecular flexibility index (Phi) is 13.6. The molecule has 0 spiro atoms. The van der Waals surface area contributed by atoms with Crippen LogP contribution in [-0.4, -0.2) is 59.3 Å². The number of pyridine rings is 1. The minimum absolute atomic E-state index is 0.0883. The number of aliphatic carboxylic acids is 1. The predicted octanol–water partition coefficient (Wildman–Crippen LogP) is 7.12. The zero-order valence-electron chi connectivity index (χ0n) is 30.2. The molecular weight excluding hydrogens is 704 g/mol. The number of ether oxygens (including phenoxy) is 1. The molecule has 3 aromatic rings. The van der Waals surface area contributed by atoms with E-state index in [2.05, 4.69) is 17.2 Å². The Labute approximate surface area is 304 Å². The number of aromatic nitrogens is 1. The lowest BCUT2D eigenvalue weighted by Crippen LogP contribution is -2.41. The van der Waals surface area contributed by atoms with Gasteiger partial charge in [-0.2, -0.15) is 13.2 Å². The predicted molar refractivity (Wildman–Crippen MR) is 187 cm³/mol. The van der Waals surface area contributed by atoms with Crippen molar-refractivity contribution in [2.45, 2.75) is 78.6 Å². The number of carboxylic acids is 1. The van der Waals surface area contributed by atoms with Gasteiger partial charge in [-0.3, -0.25) is 14.4 Å². The van der Waals surface area contributed by atoms with Gasteiger partial charge >= 0.3 is 12.1 Å². The van der Waals surface area contributed by atoms with Gasteiger partial charge in [-0.05, 0) is 86.4 Å². The quantitative estimate of drug-likeness (QED) is 0.151. The molecule has 0 aliphatic carbocycles. The summed E-state index contributed by atoms with van der Waals surface area (Å²) in [6.07, 6.45) is -4.38. The second-order valence-electron chi connectivity index (χ2n) is 13.6. The SMILES string of the molecule is CC#Cc1cc(F)c(C(CC(=O)O)NC(=O)C(CC(C)C)n2cc(CCN3CCCOCC3)c(C(F)(F)F)cc2=O)c(F)c1-c1c(C)cc(F)cc1C. The maximum Gasteiger partial charge on any atom is 0.416 e. The van der Waals surface area contributed by atoms with Gasteiger partial charge in [-0.15, -0.1) is 5.92 Å². The number of nitrogens with one attached hydrogen (secondary N) is 1. The first kappa shape index (κ1) is 41.2. The van der Waals surface area contributed by atoms with Gasteiger partial charge < -0.3 is 24.6 Å². The Bertz CT molecular complexity index is 1930. The number of carboxylic acid groups (broad SMARTS) is 1. The number of hydrogen-bond acceptors (Lipinski definition) is 5.